The summed E-state index contributed by atoms with van der Waals surface area (Å²) in [6, 6.07) is 4.10. The van der Waals surface area contributed by atoms with Crippen molar-refractivity contribution in [3.63, 3.8) is 0 Å². The average Bonchev–Trinajstić information content (AvgIpc) is 3.09. The fraction of sp³-hybridized carbons (Fsp3) is 0.312. The van der Waals surface area contributed by atoms with Crippen molar-refractivity contribution in [2.45, 2.75) is 18.6 Å². The maximum atomic E-state index is 12.8. The summed E-state index contributed by atoms with van der Waals surface area (Å²) in [5, 5.41) is 9.21. The largest absolute Gasteiger partial charge is 0.478 e. The Labute approximate surface area is 136 Å². The van der Waals surface area contributed by atoms with Crippen LogP contribution in [0.1, 0.15) is 17.3 Å². The molecular weight excluding hydrogens is 322 g/mol. The average molecular weight is 334 g/mol. The normalized spacial score (nSPS) is 34.3. The van der Waals surface area contributed by atoms with Crippen LogP contribution in [0.3, 0.4) is 0 Å². The van der Waals surface area contributed by atoms with Gasteiger partial charge in [-0.3, -0.25) is 9.59 Å². The molecule has 118 valence electrons. The molecule has 3 aliphatic rings. The third kappa shape index (κ3) is 1.76. The number of amides is 2. The van der Waals surface area contributed by atoms with Gasteiger partial charge in [-0.2, -0.15) is 0 Å². The van der Waals surface area contributed by atoms with Crippen LogP contribution in [0.4, 0.5) is 5.69 Å². The molecule has 7 heteroatoms. The molecule has 1 aromatic rings. The van der Waals surface area contributed by atoms with E-state index in [4.69, 9.17) is 21.4 Å². The van der Waals surface area contributed by atoms with Crippen molar-refractivity contribution in [2.75, 3.05) is 4.90 Å². The van der Waals surface area contributed by atoms with Crippen molar-refractivity contribution in [1.29, 1.82) is 0 Å². The number of carboxylic acid groups (broad SMARTS) is 1. The molecular formula is C16H12ClNO5. The highest BCUT2D eigenvalue weighted by Gasteiger charge is 2.66. The van der Waals surface area contributed by atoms with Crippen molar-refractivity contribution >= 4 is 35.1 Å². The van der Waals surface area contributed by atoms with E-state index in [-0.39, 0.29) is 28.1 Å². The Balaban J connectivity index is 1.78. The van der Waals surface area contributed by atoms with E-state index < -0.39 is 29.5 Å². The summed E-state index contributed by atoms with van der Waals surface area (Å²) in [5.41, 5.74) is -0.705. The Bertz CT molecular complexity index is 804. The molecule has 0 unspecified atom stereocenters. The van der Waals surface area contributed by atoms with Gasteiger partial charge in [0.05, 0.1) is 39.8 Å². The second-order valence-electron chi connectivity index (χ2n) is 6.11. The van der Waals surface area contributed by atoms with Crippen LogP contribution in [-0.4, -0.2) is 34.6 Å². The van der Waals surface area contributed by atoms with Crippen molar-refractivity contribution in [3.05, 3.63) is 40.9 Å². The molecule has 0 radical (unpaired) electrons. The zero-order valence-corrected chi connectivity index (χ0v) is 12.8. The molecule has 2 fully saturated rings. The minimum absolute atomic E-state index is 0.0533. The number of rotatable bonds is 2. The Kier molecular flexibility index (Phi) is 2.77. The number of fused-ring (bicyclic) bond motifs is 5. The third-order valence-electron chi connectivity index (χ3n) is 4.77. The molecule has 3 aliphatic heterocycles. The first-order chi connectivity index (χ1) is 10.8. The van der Waals surface area contributed by atoms with Crippen LogP contribution in [0.25, 0.3) is 0 Å². The predicted octanol–water partition coefficient (Wildman–Crippen LogP) is 1.87. The van der Waals surface area contributed by atoms with E-state index in [1.165, 1.54) is 18.2 Å². The third-order valence-corrected chi connectivity index (χ3v) is 5.10. The summed E-state index contributed by atoms with van der Waals surface area (Å²) < 4.78 is 5.74. The number of carbonyl (C=O) groups is 3. The number of aromatic carboxylic acids is 1. The fourth-order valence-corrected chi connectivity index (χ4v) is 3.92. The van der Waals surface area contributed by atoms with E-state index in [9.17, 15) is 14.4 Å². The van der Waals surface area contributed by atoms with Gasteiger partial charge in [-0.05, 0) is 25.1 Å². The number of ether oxygens (including phenoxy) is 1. The number of benzene rings is 1. The summed E-state index contributed by atoms with van der Waals surface area (Å²) in [5.74, 6) is -3.08. The van der Waals surface area contributed by atoms with Crippen LogP contribution in [0.2, 0.25) is 5.02 Å². The highest BCUT2D eigenvalue weighted by Crippen LogP contribution is 2.52. The smallest absolute Gasteiger partial charge is 0.337 e. The van der Waals surface area contributed by atoms with Gasteiger partial charge in [0.1, 0.15) is 0 Å². The van der Waals surface area contributed by atoms with Gasteiger partial charge in [0.2, 0.25) is 11.8 Å². The van der Waals surface area contributed by atoms with Crippen molar-refractivity contribution in [2.24, 2.45) is 11.8 Å². The number of nitrogens with zero attached hydrogens (tertiary/aromatic N) is 1. The van der Waals surface area contributed by atoms with Crippen LogP contribution >= 0.6 is 11.6 Å². The molecule has 6 nitrogen and oxygen atoms in total. The highest BCUT2D eigenvalue weighted by atomic mass is 35.5. The van der Waals surface area contributed by atoms with Gasteiger partial charge in [0.25, 0.3) is 0 Å². The van der Waals surface area contributed by atoms with Crippen LogP contribution < -0.4 is 4.90 Å². The van der Waals surface area contributed by atoms with Crippen LogP contribution in [0.15, 0.2) is 30.4 Å². The molecule has 2 bridgehead atoms. The first-order valence-electron chi connectivity index (χ1n) is 7.11. The lowest BCUT2D eigenvalue weighted by Crippen LogP contribution is -2.38. The van der Waals surface area contributed by atoms with Gasteiger partial charge < -0.3 is 9.84 Å². The Morgan fingerprint density at radius 2 is 2.09 bits per heavy atom. The Hall–Kier alpha value is -2.18. The summed E-state index contributed by atoms with van der Waals surface area (Å²) >= 11 is 5.85. The second kappa shape index (κ2) is 4.43. The van der Waals surface area contributed by atoms with Crippen LogP contribution in [-0.2, 0) is 14.3 Å². The first kappa shape index (κ1) is 14.4. The number of carboxylic acids is 1. The lowest BCUT2D eigenvalue weighted by Gasteiger charge is -2.24. The number of hydrogen-bond donors (Lipinski definition) is 1. The molecule has 1 N–H and O–H groups in total. The molecule has 4 atom stereocenters. The van der Waals surface area contributed by atoms with Gasteiger partial charge >= 0.3 is 5.97 Å². The molecule has 0 spiro atoms. The molecule has 0 aliphatic carbocycles. The lowest BCUT2D eigenvalue weighted by atomic mass is 9.78. The van der Waals surface area contributed by atoms with E-state index in [1.807, 2.05) is 6.08 Å². The minimum Gasteiger partial charge on any atom is -0.478 e. The topological polar surface area (TPSA) is 83.9 Å². The van der Waals surface area contributed by atoms with Gasteiger partial charge in [-0.15, -0.1) is 0 Å². The zero-order chi connectivity index (χ0) is 16.5. The van der Waals surface area contributed by atoms with Crippen LogP contribution in [0, 0.1) is 11.8 Å². The summed E-state index contributed by atoms with van der Waals surface area (Å²) in [6.45, 7) is 1.79. The van der Waals surface area contributed by atoms with E-state index >= 15 is 0 Å². The molecule has 0 saturated carbocycles. The van der Waals surface area contributed by atoms with Gasteiger partial charge in [0.15, 0.2) is 0 Å². The zero-order valence-electron chi connectivity index (χ0n) is 12.0. The molecule has 2 amide bonds. The molecule has 1 aromatic carbocycles. The fourth-order valence-electron chi connectivity index (χ4n) is 3.72. The standard InChI is InChI=1S/C16H12ClNO5/c1-16-5-4-10(23-16)11-12(16)14(20)18(13(11)19)7-2-3-9(17)8(6-7)15(21)22/h2-6,10-12H,1H3,(H,21,22)/t10-,11-,12+,16-/m0/s1. The summed E-state index contributed by atoms with van der Waals surface area (Å²) in [6.07, 6.45) is 3.22. The molecule has 23 heavy (non-hydrogen) atoms. The number of hydrogen-bond acceptors (Lipinski definition) is 4. The highest BCUT2D eigenvalue weighted by molar-refractivity contribution is 6.34. The van der Waals surface area contributed by atoms with E-state index in [2.05, 4.69) is 0 Å². The maximum Gasteiger partial charge on any atom is 0.337 e. The number of anilines is 1. The Morgan fingerprint density at radius 3 is 2.74 bits per heavy atom. The quantitative estimate of drug-likeness (QED) is 0.660. The first-order valence-corrected chi connectivity index (χ1v) is 7.49. The lowest BCUT2D eigenvalue weighted by molar-refractivity contribution is -0.126. The molecule has 4 rings (SSSR count). The molecule has 3 heterocycles. The number of carbonyl (C=O) groups excluding carboxylic acids is 2. The van der Waals surface area contributed by atoms with Gasteiger partial charge in [-0.1, -0.05) is 23.8 Å². The van der Waals surface area contributed by atoms with Gasteiger partial charge in [-0.25, -0.2) is 9.69 Å². The minimum atomic E-state index is -1.21. The van der Waals surface area contributed by atoms with Gasteiger partial charge in [0, 0.05) is 0 Å². The molecule has 2 saturated heterocycles. The second-order valence-corrected chi connectivity index (χ2v) is 6.52. The maximum absolute atomic E-state index is 12.8. The van der Waals surface area contributed by atoms with E-state index in [0.717, 1.165) is 4.90 Å². The number of halogens is 1. The SMILES string of the molecule is C[C@@]12C=C[C@H](O1)[C@@H]1C(=O)N(c3ccc(Cl)c(C(=O)O)c3)C(=O)[C@@H]12. The molecule has 0 aromatic heterocycles. The Morgan fingerprint density at radius 1 is 1.35 bits per heavy atom. The summed E-state index contributed by atoms with van der Waals surface area (Å²) in [7, 11) is 0. The van der Waals surface area contributed by atoms with E-state index in [1.54, 1.807) is 13.0 Å². The van der Waals surface area contributed by atoms with E-state index in [0.29, 0.717) is 0 Å². The predicted molar refractivity (Wildman–Crippen MR) is 80.3 cm³/mol. The number of imide groups is 1. The van der Waals surface area contributed by atoms with Crippen LogP contribution in [0.5, 0.6) is 0 Å². The van der Waals surface area contributed by atoms with Crippen molar-refractivity contribution < 1.29 is 24.2 Å². The van der Waals surface area contributed by atoms with Crippen molar-refractivity contribution in [1.82, 2.24) is 0 Å². The summed E-state index contributed by atoms with van der Waals surface area (Å²) in [4.78, 5) is 37.7. The monoisotopic (exact) mass is 333 g/mol. The van der Waals surface area contributed by atoms with Crippen molar-refractivity contribution in [3.8, 4) is 0 Å².